The number of benzene rings is 3. The van der Waals surface area contributed by atoms with Gasteiger partial charge in [0.15, 0.2) is 33.0 Å². The van der Waals surface area contributed by atoms with E-state index in [4.69, 9.17) is 9.40 Å². The fraction of sp³-hybridized carbons (Fsp3) is 0.226. The van der Waals surface area contributed by atoms with Crippen LogP contribution in [0.1, 0.15) is 29.9 Å². The highest BCUT2D eigenvalue weighted by Gasteiger charge is 2.43. The minimum Gasteiger partial charge on any atom is -0.440 e. The number of aromatic nitrogens is 3. The molecule has 1 aliphatic heterocycles. The molecule has 13 heteroatoms. The SMILES string of the molecule is CCc1nc(-c2cc(-c3cc(F)c(CO)c(S(C)(=O)=O)c3)ccc2-n2cc(C)nc2C)c(-c2ccc3c(c2)OC(F)(F)O3)o1. The zero-order valence-corrected chi connectivity index (χ0v) is 24.8. The van der Waals surface area contributed by atoms with Gasteiger partial charge in [-0.15, -0.1) is 8.78 Å². The van der Waals surface area contributed by atoms with E-state index in [9.17, 15) is 22.3 Å². The summed E-state index contributed by atoms with van der Waals surface area (Å²) in [7, 11) is -3.89. The van der Waals surface area contributed by atoms with Crippen molar-refractivity contribution in [2.75, 3.05) is 6.26 Å². The Kier molecular flexibility index (Phi) is 7.05. The highest BCUT2D eigenvalue weighted by atomic mass is 32.2. The van der Waals surface area contributed by atoms with Gasteiger partial charge in [-0.3, -0.25) is 0 Å². The number of nitrogens with zero attached hydrogens (tertiary/aromatic N) is 3. The number of aryl methyl sites for hydroxylation is 3. The monoisotopic (exact) mass is 625 g/mol. The number of sulfone groups is 1. The lowest BCUT2D eigenvalue weighted by atomic mass is 9.97. The number of alkyl halides is 2. The molecule has 2 aromatic heterocycles. The molecule has 1 N–H and O–H groups in total. The van der Waals surface area contributed by atoms with Crippen molar-refractivity contribution in [1.82, 2.24) is 14.5 Å². The van der Waals surface area contributed by atoms with Crippen LogP contribution >= 0.6 is 0 Å². The topological polar surface area (TPSA) is 117 Å². The molecule has 3 aromatic carbocycles. The third-order valence-corrected chi connectivity index (χ3v) is 8.36. The zero-order chi connectivity index (χ0) is 31.6. The zero-order valence-electron chi connectivity index (χ0n) is 24.0. The van der Waals surface area contributed by atoms with Crippen LogP contribution < -0.4 is 9.47 Å². The fourth-order valence-corrected chi connectivity index (χ4v) is 6.17. The molecule has 9 nitrogen and oxygen atoms in total. The minimum absolute atomic E-state index is 0.127. The molecule has 0 radical (unpaired) electrons. The average molecular weight is 626 g/mol. The van der Waals surface area contributed by atoms with Crippen LogP contribution in [-0.2, 0) is 22.9 Å². The molecule has 1 aliphatic rings. The van der Waals surface area contributed by atoms with Crippen molar-refractivity contribution >= 4 is 9.84 Å². The van der Waals surface area contributed by atoms with Gasteiger partial charge in [-0.2, -0.15) is 0 Å². The molecule has 0 aliphatic carbocycles. The molecule has 6 rings (SSSR count). The van der Waals surface area contributed by atoms with E-state index < -0.39 is 28.6 Å². The number of halogens is 3. The highest BCUT2D eigenvalue weighted by Crippen LogP contribution is 2.45. The van der Waals surface area contributed by atoms with Crippen LogP contribution in [0.25, 0.3) is 39.4 Å². The summed E-state index contributed by atoms with van der Waals surface area (Å²) >= 11 is 0. The molecule has 3 heterocycles. The Bertz CT molecular complexity index is 2050. The molecule has 0 unspecified atom stereocenters. The van der Waals surface area contributed by atoms with Crippen LogP contribution in [0.15, 0.2) is 64.0 Å². The number of ether oxygens (including phenoxy) is 2. The standard InChI is InChI=1S/C31H26F3N3O6S/c1-5-28-36-29(30(41-28)19-7-9-25-26(12-19)43-31(33,34)42-25)21-10-18(6-8-24(21)37-14-16(2)35-17(37)3)20-11-23(32)22(15-38)27(13-20)44(4,39)40/h6-14,38H,5,15H2,1-4H3. The van der Waals surface area contributed by atoms with Gasteiger partial charge in [0.05, 0.1) is 22.9 Å². The molecule has 0 atom stereocenters. The van der Waals surface area contributed by atoms with Crippen molar-refractivity contribution in [2.45, 2.75) is 45.0 Å². The molecule has 0 saturated heterocycles. The number of imidazole rings is 1. The summed E-state index contributed by atoms with van der Waals surface area (Å²) in [5, 5.41) is 9.67. The van der Waals surface area contributed by atoms with Crippen LogP contribution in [-0.4, -0.2) is 40.6 Å². The first-order valence-corrected chi connectivity index (χ1v) is 15.4. The number of rotatable bonds is 7. The minimum atomic E-state index is -3.89. The number of aliphatic hydroxyl groups excluding tert-OH is 1. The Morgan fingerprint density at radius 1 is 0.955 bits per heavy atom. The first-order valence-electron chi connectivity index (χ1n) is 13.5. The van der Waals surface area contributed by atoms with Gasteiger partial charge in [-0.1, -0.05) is 13.0 Å². The van der Waals surface area contributed by atoms with E-state index in [1.54, 1.807) is 24.3 Å². The summed E-state index contributed by atoms with van der Waals surface area (Å²) in [6.07, 6.45) is -0.615. The summed E-state index contributed by atoms with van der Waals surface area (Å²) in [5.41, 5.74) is 3.01. The van der Waals surface area contributed by atoms with E-state index in [0.29, 0.717) is 46.2 Å². The van der Waals surface area contributed by atoms with Crippen molar-refractivity contribution in [3.63, 3.8) is 0 Å². The molecular weight excluding hydrogens is 599 g/mol. The van der Waals surface area contributed by atoms with Gasteiger partial charge in [0.25, 0.3) is 0 Å². The van der Waals surface area contributed by atoms with Crippen LogP contribution in [0.5, 0.6) is 11.5 Å². The molecule has 0 saturated carbocycles. The van der Waals surface area contributed by atoms with Crippen molar-refractivity contribution < 1.29 is 40.6 Å². The van der Waals surface area contributed by atoms with Gasteiger partial charge in [0, 0.05) is 35.6 Å². The van der Waals surface area contributed by atoms with E-state index in [1.807, 2.05) is 31.5 Å². The second-order valence-electron chi connectivity index (χ2n) is 10.4. The third-order valence-electron chi connectivity index (χ3n) is 7.20. The van der Waals surface area contributed by atoms with Crippen molar-refractivity contribution in [1.29, 1.82) is 0 Å². The maximum Gasteiger partial charge on any atom is 0.586 e. The number of fused-ring (bicyclic) bond motifs is 1. The van der Waals surface area contributed by atoms with Crippen LogP contribution in [0.4, 0.5) is 13.2 Å². The lowest BCUT2D eigenvalue weighted by Gasteiger charge is -2.15. The lowest BCUT2D eigenvalue weighted by molar-refractivity contribution is -0.286. The normalized spacial score (nSPS) is 13.9. The Morgan fingerprint density at radius 2 is 1.68 bits per heavy atom. The Labute approximate surface area is 250 Å². The van der Waals surface area contributed by atoms with E-state index >= 15 is 4.39 Å². The van der Waals surface area contributed by atoms with Crippen molar-refractivity contribution in [3.05, 3.63) is 83.5 Å². The largest absolute Gasteiger partial charge is 0.586 e. The van der Waals surface area contributed by atoms with Crippen LogP contribution in [0.2, 0.25) is 0 Å². The van der Waals surface area contributed by atoms with Crippen molar-refractivity contribution in [3.8, 4) is 50.9 Å². The maximum absolute atomic E-state index is 15.1. The summed E-state index contributed by atoms with van der Waals surface area (Å²) in [6.45, 7) is 4.72. The summed E-state index contributed by atoms with van der Waals surface area (Å²) in [6, 6.07) is 11.9. The smallest absolute Gasteiger partial charge is 0.440 e. The first-order chi connectivity index (χ1) is 20.8. The molecule has 0 amide bonds. The van der Waals surface area contributed by atoms with Gasteiger partial charge in [-0.25, -0.2) is 22.8 Å². The van der Waals surface area contributed by atoms with E-state index in [1.165, 1.54) is 18.2 Å². The van der Waals surface area contributed by atoms with Gasteiger partial charge >= 0.3 is 6.29 Å². The number of hydrogen-bond acceptors (Lipinski definition) is 8. The number of aliphatic hydroxyl groups is 1. The number of hydrogen-bond donors (Lipinski definition) is 1. The molecule has 44 heavy (non-hydrogen) atoms. The van der Waals surface area contributed by atoms with Crippen LogP contribution in [0, 0.1) is 19.7 Å². The molecule has 5 aromatic rings. The predicted molar refractivity (Wildman–Crippen MR) is 154 cm³/mol. The van der Waals surface area contributed by atoms with Crippen molar-refractivity contribution in [2.24, 2.45) is 0 Å². The average Bonchev–Trinajstić information content (AvgIpc) is 3.63. The van der Waals surface area contributed by atoms with E-state index in [0.717, 1.165) is 18.0 Å². The summed E-state index contributed by atoms with van der Waals surface area (Å²) in [5.74, 6) is 0.124. The van der Waals surface area contributed by atoms with Gasteiger partial charge in [0.2, 0.25) is 0 Å². The van der Waals surface area contributed by atoms with Gasteiger partial charge in [-0.05, 0) is 67.4 Å². The maximum atomic E-state index is 15.1. The third kappa shape index (κ3) is 5.22. The lowest BCUT2D eigenvalue weighted by Crippen LogP contribution is -2.25. The molecule has 0 fully saturated rings. The second-order valence-corrected chi connectivity index (χ2v) is 12.3. The van der Waals surface area contributed by atoms with Crippen LogP contribution in [0.3, 0.4) is 0 Å². The van der Waals surface area contributed by atoms with Gasteiger partial charge < -0.3 is 23.6 Å². The van der Waals surface area contributed by atoms with Gasteiger partial charge in [0.1, 0.15) is 17.3 Å². The first kappa shape index (κ1) is 29.5. The quantitative estimate of drug-likeness (QED) is 0.221. The van der Waals surface area contributed by atoms with E-state index in [-0.39, 0.29) is 33.3 Å². The molecule has 0 spiro atoms. The fourth-order valence-electron chi connectivity index (χ4n) is 5.22. The summed E-state index contributed by atoms with van der Waals surface area (Å²) < 4.78 is 84.8. The second kappa shape index (κ2) is 10.5. The Morgan fingerprint density at radius 3 is 2.34 bits per heavy atom. The molecule has 228 valence electrons. The highest BCUT2D eigenvalue weighted by molar-refractivity contribution is 7.90. The number of oxazole rings is 1. The molecule has 0 bridgehead atoms. The summed E-state index contributed by atoms with van der Waals surface area (Å²) in [4.78, 5) is 8.91. The van der Waals surface area contributed by atoms with E-state index in [2.05, 4.69) is 14.5 Å². The Balaban J connectivity index is 1.60. The Hall–Kier alpha value is -4.62. The molecular formula is C31H26F3N3O6S. The predicted octanol–water partition coefficient (Wildman–Crippen LogP) is 6.40.